The van der Waals surface area contributed by atoms with Crippen molar-refractivity contribution < 1.29 is 14.3 Å². The summed E-state index contributed by atoms with van der Waals surface area (Å²) in [5, 5.41) is 5.11. The van der Waals surface area contributed by atoms with E-state index in [0.717, 1.165) is 10.4 Å². The van der Waals surface area contributed by atoms with Gasteiger partial charge in [0.25, 0.3) is 5.91 Å². The Bertz CT molecular complexity index is 848. The fourth-order valence-corrected chi connectivity index (χ4v) is 3.61. The van der Waals surface area contributed by atoms with Gasteiger partial charge in [0.2, 0.25) is 6.10 Å². The van der Waals surface area contributed by atoms with Crippen LogP contribution in [0.5, 0.6) is 11.5 Å². The molecule has 0 radical (unpaired) electrons. The number of para-hydroxylation sites is 2. The Kier molecular flexibility index (Phi) is 4.39. The van der Waals surface area contributed by atoms with E-state index >= 15 is 0 Å². The van der Waals surface area contributed by atoms with Gasteiger partial charge in [-0.2, -0.15) is 0 Å². The van der Waals surface area contributed by atoms with E-state index in [4.69, 9.17) is 9.47 Å². The Morgan fingerprint density at radius 1 is 1.00 bits per heavy atom. The van der Waals surface area contributed by atoms with Crippen LogP contribution >= 0.6 is 11.3 Å². The molecule has 0 unspecified atom stereocenters. The maximum absolute atomic E-state index is 12.8. The van der Waals surface area contributed by atoms with E-state index in [2.05, 4.69) is 5.32 Å². The summed E-state index contributed by atoms with van der Waals surface area (Å²) in [6, 6.07) is 21.1. The summed E-state index contributed by atoms with van der Waals surface area (Å²) in [6.07, 6.45) is -0.666. The molecular formula is C20H17NO3S. The lowest BCUT2D eigenvalue weighted by molar-refractivity contribution is -0.130. The first-order chi connectivity index (χ1) is 12.3. The molecule has 0 spiro atoms. The molecule has 0 bridgehead atoms. The van der Waals surface area contributed by atoms with Gasteiger partial charge in [-0.1, -0.05) is 48.5 Å². The SMILES string of the molecule is O=C(N[C@@H](c1ccccc1)c1cccs1)[C@H]1COc2ccccc2O1. The van der Waals surface area contributed by atoms with Crippen LogP contribution in [0.1, 0.15) is 16.5 Å². The van der Waals surface area contributed by atoms with E-state index < -0.39 is 6.10 Å². The highest BCUT2D eigenvalue weighted by molar-refractivity contribution is 7.10. The van der Waals surface area contributed by atoms with Gasteiger partial charge in [0.1, 0.15) is 6.61 Å². The summed E-state index contributed by atoms with van der Waals surface area (Å²) in [7, 11) is 0. The Balaban J connectivity index is 1.54. The number of hydrogen-bond acceptors (Lipinski definition) is 4. The molecule has 1 N–H and O–H groups in total. The molecule has 126 valence electrons. The second-order valence-corrected chi connectivity index (χ2v) is 6.71. The molecule has 1 amide bonds. The monoisotopic (exact) mass is 351 g/mol. The minimum atomic E-state index is -0.666. The van der Waals surface area contributed by atoms with E-state index in [-0.39, 0.29) is 18.6 Å². The highest BCUT2D eigenvalue weighted by atomic mass is 32.1. The molecule has 1 aliphatic heterocycles. The first-order valence-electron chi connectivity index (χ1n) is 8.08. The number of carbonyl (C=O) groups is 1. The minimum Gasteiger partial charge on any atom is -0.485 e. The minimum absolute atomic E-state index is 0.184. The molecule has 0 fully saturated rings. The number of hydrogen-bond donors (Lipinski definition) is 1. The number of fused-ring (bicyclic) bond motifs is 1. The van der Waals surface area contributed by atoms with Crippen LogP contribution in [0.25, 0.3) is 0 Å². The number of ether oxygens (including phenoxy) is 2. The van der Waals surface area contributed by atoms with Crippen LogP contribution in [0.2, 0.25) is 0 Å². The van der Waals surface area contributed by atoms with Gasteiger partial charge in [0, 0.05) is 4.88 Å². The maximum Gasteiger partial charge on any atom is 0.265 e. The van der Waals surface area contributed by atoms with Gasteiger partial charge in [-0.05, 0) is 29.1 Å². The zero-order valence-electron chi connectivity index (χ0n) is 13.4. The van der Waals surface area contributed by atoms with Crippen LogP contribution in [0.3, 0.4) is 0 Å². The Morgan fingerprint density at radius 3 is 2.52 bits per heavy atom. The predicted molar refractivity (Wildman–Crippen MR) is 97.1 cm³/mol. The average molecular weight is 351 g/mol. The number of amides is 1. The van der Waals surface area contributed by atoms with Gasteiger partial charge in [-0.3, -0.25) is 4.79 Å². The van der Waals surface area contributed by atoms with Crippen LogP contribution in [-0.4, -0.2) is 18.6 Å². The van der Waals surface area contributed by atoms with Crippen LogP contribution in [0, 0.1) is 0 Å². The third-order valence-corrected chi connectivity index (χ3v) is 4.99. The summed E-state index contributed by atoms with van der Waals surface area (Å²) in [5.74, 6) is 1.09. The van der Waals surface area contributed by atoms with Crippen LogP contribution in [0.4, 0.5) is 0 Å². The fraction of sp³-hybridized carbons (Fsp3) is 0.150. The number of benzene rings is 2. The first-order valence-corrected chi connectivity index (χ1v) is 8.96. The van der Waals surface area contributed by atoms with Gasteiger partial charge >= 0.3 is 0 Å². The van der Waals surface area contributed by atoms with Gasteiger partial charge in [-0.15, -0.1) is 11.3 Å². The summed E-state index contributed by atoms with van der Waals surface area (Å²) in [6.45, 7) is 0.203. The van der Waals surface area contributed by atoms with Crippen molar-refractivity contribution in [3.63, 3.8) is 0 Å². The smallest absolute Gasteiger partial charge is 0.265 e. The van der Waals surface area contributed by atoms with Crippen molar-refractivity contribution in [3.05, 3.63) is 82.6 Å². The molecule has 2 atom stereocenters. The van der Waals surface area contributed by atoms with Crippen molar-refractivity contribution >= 4 is 17.2 Å². The Hall–Kier alpha value is -2.79. The largest absolute Gasteiger partial charge is 0.485 e. The average Bonchev–Trinajstić information content (AvgIpc) is 3.20. The van der Waals surface area contributed by atoms with Crippen molar-refractivity contribution in [1.82, 2.24) is 5.32 Å². The van der Waals surface area contributed by atoms with Gasteiger partial charge in [-0.25, -0.2) is 0 Å². The summed E-state index contributed by atoms with van der Waals surface area (Å²) in [5.41, 5.74) is 1.04. The molecule has 0 aliphatic carbocycles. The van der Waals surface area contributed by atoms with Crippen molar-refractivity contribution in [2.45, 2.75) is 12.1 Å². The number of thiophene rings is 1. The number of rotatable bonds is 4. The van der Waals surface area contributed by atoms with Crippen LogP contribution < -0.4 is 14.8 Å². The number of carbonyl (C=O) groups excluding carboxylic acids is 1. The van der Waals surface area contributed by atoms with Gasteiger partial charge in [0.05, 0.1) is 6.04 Å². The second kappa shape index (κ2) is 6.99. The lowest BCUT2D eigenvalue weighted by Gasteiger charge is -2.27. The van der Waals surface area contributed by atoms with Gasteiger partial charge < -0.3 is 14.8 Å². The Morgan fingerprint density at radius 2 is 1.76 bits per heavy atom. The standard InChI is InChI=1S/C20H17NO3S/c22-20(17-13-23-15-9-4-5-10-16(15)24-17)21-19(18-11-6-12-25-18)14-7-2-1-3-8-14/h1-12,17,19H,13H2,(H,21,22)/t17-,19+/m1/s1. The van der Waals surface area contributed by atoms with Crippen molar-refractivity contribution in [3.8, 4) is 11.5 Å². The van der Waals surface area contributed by atoms with E-state index in [1.54, 1.807) is 11.3 Å². The lowest BCUT2D eigenvalue weighted by atomic mass is 10.0. The van der Waals surface area contributed by atoms with E-state index in [1.807, 2.05) is 72.1 Å². The van der Waals surface area contributed by atoms with Crippen molar-refractivity contribution in [1.29, 1.82) is 0 Å². The molecule has 2 heterocycles. The molecule has 4 nitrogen and oxygen atoms in total. The quantitative estimate of drug-likeness (QED) is 0.778. The third kappa shape index (κ3) is 3.37. The molecule has 0 saturated heterocycles. The lowest BCUT2D eigenvalue weighted by Crippen LogP contribution is -2.45. The highest BCUT2D eigenvalue weighted by Crippen LogP contribution is 2.31. The molecule has 5 heteroatoms. The molecule has 25 heavy (non-hydrogen) atoms. The van der Waals surface area contributed by atoms with Crippen molar-refractivity contribution in [2.24, 2.45) is 0 Å². The molecule has 3 aromatic rings. The summed E-state index contributed by atoms with van der Waals surface area (Å²) >= 11 is 1.62. The zero-order valence-corrected chi connectivity index (χ0v) is 14.2. The summed E-state index contributed by atoms with van der Waals surface area (Å²) < 4.78 is 11.5. The summed E-state index contributed by atoms with van der Waals surface area (Å²) in [4.78, 5) is 13.9. The topological polar surface area (TPSA) is 47.6 Å². The molecule has 1 aromatic heterocycles. The van der Waals surface area contributed by atoms with E-state index in [0.29, 0.717) is 11.5 Å². The highest BCUT2D eigenvalue weighted by Gasteiger charge is 2.29. The molecule has 2 aromatic carbocycles. The maximum atomic E-state index is 12.8. The number of nitrogens with one attached hydrogen (secondary N) is 1. The Labute approximate surface area is 150 Å². The third-order valence-electron chi connectivity index (χ3n) is 4.05. The predicted octanol–water partition coefficient (Wildman–Crippen LogP) is 3.79. The molecular weight excluding hydrogens is 334 g/mol. The zero-order chi connectivity index (χ0) is 17.1. The normalized spacial score (nSPS) is 16.9. The second-order valence-electron chi connectivity index (χ2n) is 5.73. The van der Waals surface area contributed by atoms with Crippen molar-refractivity contribution in [2.75, 3.05) is 6.61 Å². The molecule has 4 rings (SSSR count). The van der Waals surface area contributed by atoms with Crippen LogP contribution in [0.15, 0.2) is 72.1 Å². The molecule has 1 aliphatic rings. The van der Waals surface area contributed by atoms with Gasteiger partial charge in [0.15, 0.2) is 11.5 Å². The van der Waals surface area contributed by atoms with Crippen LogP contribution in [-0.2, 0) is 4.79 Å². The fourth-order valence-electron chi connectivity index (χ4n) is 2.80. The van der Waals surface area contributed by atoms with E-state index in [9.17, 15) is 4.79 Å². The first kappa shape index (κ1) is 15.7. The molecule has 0 saturated carbocycles. The van der Waals surface area contributed by atoms with E-state index in [1.165, 1.54) is 0 Å².